The summed E-state index contributed by atoms with van der Waals surface area (Å²) in [5.74, 6) is 0.0747. The summed E-state index contributed by atoms with van der Waals surface area (Å²) in [6, 6.07) is 26.8. The minimum atomic E-state index is -5.04. The quantitative estimate of drug-likeness (QED) is 0.173. The predicted octanol–water partition coefficient (Wildman–Crippen LogP) is 11.3. The van der Waals surface area contributed by atoms with Gasteiger partial charge in [-0.05, 0) is 69.4 Å². The Kier molecular flexibility index (Phi) is 8.82. The number of imidazole rings is 1. The summed E-state index contributed by atoms with van der Waals surface area (Å²) < 4.78 is 91.4. The number of rotatable bonds is 6. The van der Waals surface area contributed by atoms with Gasteiger partial charge in [0, 0.05) is 28.5 Å². The highest BCUT2D eigenvalue weighted by Gasteiger charge is 2.41. The average Bonchev–Trinajstić information content (AvgIpc) is 3.47. The van der Waals surface area contributed by atoms with Crippen LogP contribution in [0.4, 0.5) is 31.1 Å². The van der Waals surface area contributed by atoms with Crippen LogP contribution >= 0.6 is 0 Å². The fourth-order valence-corrected chi connectivity index (χ4v) is 6.65. The van der Waals surface area contributed by atoms with Crippen molar-refractivity contribution in [1.82, 2.24) is 19.7 Å². The summed E-state index contributed by atoms with van der Waals surface area (Å²) in [5, 5.41) is 3.06. The van der Waals surface area contributed by atoms with Gasteiger partial charge in [-0.2, -0.15) is 26.3 Å². The van der Waals surface area contributed by atoms with Gasteiger partial charge in [0.2, 0.25) is 5.78 Å². The van der Waals surface area contributed by atoms with E-state index >= 15 is 0 Å². The summed E-state index contributed by atoms with van der Waals surface area (Å²) in [6.07, 6.45) is -6.55. The Morgan fingerprint density at radius 3 is 1.74 bits per heavy atom. The first-order chi connectivity index (χ1) is 25.0. The Labute approximate surface area is 301 Å². The largest absolute Gasteiger partial charge is 0.444 e. The number of carbonyl (C=O) groups is 1. The molecule has 0 aliphatic heterocycles. The molecule has 0 spiro atoms. The van der Waals surface area contributed by atoms with Gasteiger partial charge in [-0.3, -0.25) is 4.40 Å². The lowest BCUT2D eigenvalue weighted by Gasteiger charge is -2.43. The maximum absolute atomic E-state index is 14.1. The first-order valence-corrected chi connectivity index (χ1v) is 17.0. The zero-order valence-electron chi connectivity index (χ0n) is 28.9. The molecule has 2 aromatic heterocycles. The lowest BCUT2D eigenvalue weighted by atomic mass is 9.71. The molecular formula is C41H34F6N4O2. The van der Waals surface area contributed by atoms with E-state index in [2.05, 4.69) is 5.32 Å². The number of hydrogen-bond acceptors (Lipinski definition) is 4. The van der Waals surface area contributed by atoms with Crippen molar-refractivity contribution in [3.8, 4) is 44.9 Å². The summed E-state index contributed by atoms with van der Waals surface area (Å²) in [4.78, 5) is 22.4. The van der Waals surface area contributed by atoms with Crippen LogP contribution < -0.4 is 5.32 Å². The molecule has 53 heavy (non-hydrogen) atoms. The van der Waals surface area contributed by atoms with E-state index in [0.717, 1.165) is 24.8 Å². The third kappa shape index (κ3) is 7.22. The summed E-state index contributed by atoms with van der Waals surface area (Å²) in [7, 11) is 0. The van der Waals surface area contributed by atoms with Crippen LogP contribution in [-0.2, 0) is 22.6 Å². The molecule has 6 aromatic rings. The van der Waals surface area contributed by atoms with Crippen molar-refractivity contribution in [1.29, 1.82) is 0 Å². The van der Waals surface area contributed by atoms with E-state index in [1.54, 1.807) is 57.3 Å². The number of hydrogen-bond donors (Lipinski definition) is 1. The van der Waals surface area contributed by atoms with Crippen molar-refractivity contribution in [2.45, 2.75) is 63.5 Å². The van der Waals surface area contributed by atoms with Crippen LogP contribution in [0.1, 0.15) is 56.7 Å². The highest BCUT2D eigenvalue weighted by Crippen LogP contribution is 2.44. The third-order valence-corrected chi connectivity index (χ3v) is 9.27. The van der Waals surface area contributed by atoms with E-state index in [9.17, 15) is 31.1 Å². The maximum atomic E-state index is 14.1. The minimum absolute atomic E-state index is 0.0227. The second kappa shape index (κ2) is 13.1. The van der Waals surface area contributed by atoms with Gasteiger partial charge in [-0.15, -0.1) is 0 Å². The number of carbonyl (C=O) groups excluding carboxylic acids is 1. The molecule has 4 aromatic carbocycles. The van der Waals surface area contributed by atoms with Gasteiger partial charge in [0.1, 0.15) is 5.60 Å². The number of ether oxygens (including phenoxy) is 1. The number of amides is 1. The molecule has 1 aliphatic carbocycles. The van der Waals surface area contributed by atoms with Gasteiger partial charge < -0.3 is 10.1 Å². The monoisotopic (exact) mass is 728 g/mol. The first-order valence-electron chi connectivity index (χ1n) is 17.0. The minimum Gasteiger partial charge on any atom is -0.444 e. The Balaban J connectivity index is 1.42. The highest BCUT2D eigenvalue weighted by molar-refractivity contribution is 5.86. The maximum Gasteiger partial charge on any atom is 0.416 e. The van der Waals surface area contributed by atoms with Crippen molar-refractivity contribution in [2.24, 2.45) is 0 Å². The van der Waals surface area contributed by atoms with Gasteiger partial charge in [-0.25, -0.2) is 14.8 Å². The normalized spacial score (nSPS) is 14.5. The van der Waals surface area contributed by atoms with Crippen molar-refractivity contribution >= 4 is 11.9 Å². The topological polar surface area (TPSA) is 68.5 Å². The molecule has 12 heteroatoms. The van der Waals surface area contributed by atoms with Crippen LogP contribution in [0.25, 0.3) is 50.7 Å². The average molecular weight is 729 g/mol. The van der Waals surface area contributed by atoms with E-state index in [1.165, 1.54) is 4.40 Å². The molecule has 0 radical (unpaired) electrons. The zero-order chi connectivity index (χ0) is 37.8. The van der Waals surface area contributed by atoms with Crippen LogP contribution in [0.2, 0.25) is 0 Å². The van der Waals surface area contributed by atoms with Crippen molar-refractivity contribution in [3.63, 3.8) is 0 Å². The van der Waals surface area contributed by atoms with Crippen molar-refractivity contribution < 1.29 is 35.9 Å². The van der Waals surface area contributed by atoms with E-state index < -0.39 is 40.7 Å². The Bertz CT molecular complexity index is 2260. The van der Waals surface area contributed by atoms with Gasteiger partial charge in [0.25, 0.3) is 0 Å². The second-order valence-electron chi connectivity index (χ2n) is 14.1. The number of alkyl carbamates (subject to hydrolysis) is 1. The van der Waals surface area contributed by atoms with Crippen LogP contribution in [0.5, 0.6) is 0 Å². The summed E-state index contributed by atoms with van der Waals surface area (Å²) >= 11 is 0. The Morgan fingerprint density at radius 1 is 0.698 bits per heavy atom. The molecule has 1 saturated carbocycles. The number of nitrogens with one attached hydrogen (secondary N) is 1. The molecule has 1 aliphatic rings. The number of benzene rings is 4. The van der Waals surface area contributed by atoms with Gasteiger partial charge in [0.05, 0.1) is 33.7 Å². The molecular weight excluding hydrogens is 694 g/mol. The highest BCUT2D eigenvalue weighted by atomic mass is 19.4. The molecule has 0 saturated heterocycles. The number of fused-ring (bicyclic) bond motifs is 1. The van der Waals surface area contributed by atoms with Crippen LogP contribution in [0, 0.1) is 0 Å². The van der Waals surface area contributed by atoms with E-state index in [4.69, 9.17) is 14.7 Å². The standard InChI is InChI=1S/C41H34F6N4O2/c1-38(2,3)53-37(52)50-39(19-10-20-39)29-17-15-27(16-18-29)33-32(25-11-6-4-7-12-25)24-51-35(34(49-36(51)48-33)26-13-8-5-9-14-26)28-21-30(40(42,43)44)23-31(22-28)41(45,46)47/h4-9,11-18,21-24H,10,19-20H2,1-3H3,(H,50,52). The molecule has 272 valence electrons. The Morgan fingerprint density at radius 2 is 1.23 bits per heavy atom. The van der Waals surface area contributed by atoms with Crippen LogP contribution in [0.15, 0.2) is 109 Å². The molecule has 1 N–H and O–H groups in total. The molecule has 2 heterocycles. The lowest BCUT2D eigenvalue weighted by molar-refractivity contribution is -0.143. The van der Waals surface area contributed by atoms with Crippen molar-refractivity contribution in [2.75, 3.05) is 0 Å². The molecule has 7 rings (SSSR count). The smallest absolute Gasteiger partial charge is 0.416 e. The van der Waals surface area contributed by atoms with Crippen LogP contribution in [-0.4, -0.2) is 26.1 Å². The summed E-state index contributed by atoms with van der Waals surface area (Å²) in [6.45, 7) is 5.40. The number of alkyl halides is 6. The fraction of sp³-hybridized carbons (Fsp3) is 0.244. The van der Waals surface area contributed by atoms with Gasteiger partial charge in [0.15, 0.2) is 0 Å². The van der Waals surface area contributed by atoms with Gasteiger partial charge >= 0.3 is 18.4 Å². The number of halogens is 6. The number of nitrogens with zero attached hydrogens (tertiary/aromatic N) is 3. The molecule has 6 nitrogen and oxygen atoms in total. The summed E-state index contributed by atoms with van der Waals surface area (Å²) in [5.41, 5.74) is -0.429. The van der Waals surface area contributed by atoms with E-state index in [1.807, 2.05) is 54.6 Å². The third-order valence-electron chi connectivity index (χ3n) is 9.27. The van der Waals surface area contributed by atoms with Crippen molar-refractivity contribution in [3.05, 3.63) is 126 Å². The number of aromatic nitrogens is 3. The fourth-order valence-electron chi connectivity index (χ4n) is 6.65. The van der Waals surface area contributed by atoms with E-state index in [-0.39, 0.29) is 28.8 Å². The SMILES string of the molecule is CC(C)(C)OC(=O)NC1(c2ccc(-c3nc4nc(-c5ccccc5)c(-c5cc(C(F)(F)F)cc(C(F)(F)F)c5)n4cc3-c3ccccc3)cc2)CCC1. The van der Waals surface area contributed by atoms with Gasteiger partial charge in [-0.1, -0.05) is 84.9 Å². The van der Waals surface area contributed by atoms with E-state index in [0.29, 0.717) is 40.1 Å². The lowest BCUT2D eigenvalue weighted by Crippen LogP contribution is -2.52. The van der Waals surface area contributed by atoms with Crippen LogP contribution in [0.3, 0.4) is 0 Å². The molecule has 1 amide bonds. The molecule has 0 atom stereocenters. The Hall–Kier alpha value is -5.65. The molecule has 0 bridgehead atoms. The second-order valence-corrected chi connectivity index (χ2v) is 14.1. The first kappa shape index (κ1) is 35.7. The molecule has 0 unspecified atom stereocenters. The molecule has 1 fully saturated rings. The zero-order valence-corrected chi connectivity index (χ0v) is 28.9. The predicted molar refractivity (Wildman–Crippen MR) is 190 cm³/mol.